The molecular weight excluding hydrogens is 461 g/mol. The van der Waals surface area contributed by atoms with Crippen LogP contribution in [0.4, 0.5) is 4.39 Å². The molecule has 2 heterocycles. The van der Waals surface area contributed by atoms with Crippen LogP contribution >= 0.6 is 0 Å². The Morgan fingerprint density at radius 1 is 1.00 bits per heavy atom. The maximum Gasteiger partial charge on any atom is 0.266 e. The van der Waals surface area contributed by atoms with E-state index in [9.17, 15) is 18.8 Å². The second-order valence-corrected chi connectivity index (χ2v) is 8.73. The molecule has 3 aromatic carbocycles. The first-order chi connectivity index (χ1) is 17.4. The molecule has 5 rings (SSSR count). The van der Waals surface area contributed by atoms with Gasteiger partial charge in [-0.15, -0.1) is 0 Å². The Bertz CT molecular complexity index is 1320. The molecule has 0 unspecified atom stereocenters. The van der Waals surface area contributed by atoms with E-state index in [0.29, 0.717) is 29.8 Å². The predicted octanol–water partition coefficient (Wildman–Crippen LogP) is 2.00. The minimum absolute atomic E-state index is 0.00227. The molecule has 0 aromatic heterocycles. The highest BCUT2D eigenvalue weighted by Gasteiger charge is 2.50. The number of guanidine groups is 1. The number of aliphatic imine (C=N–C) groups is 1. The maximum absolute atomic E-state index is 14.6. The van der Waals surface area contributed by atoms with Crippen molar-refractivity contribution >= 4 is 23.7 Å². The van der Waals surface area contributed by atoms with Crippen molar-refractivity contribution in [1.82, 2.24) is 15.1 Å². The van der Waals surface area contributed by atoms with Gasteiger partial charge in [-0.3, -0.25) is 19.3 Å². The zero-order chi connectivity index (χ0) is 25.3. The summed E-state index contributed by atoms with van der Waals surface area (Å²) >= 11 is 0. The number of amides is 3. The molecule has 0 spiro atoms. The van der Waals surface area contributed by atoms with Gasteiger partial charge in [-0.1, -0.05) is 60.7 Å². The van der Waals surface area contributed by atoms with Gasteiger partial charge in [0.05, 0.1) is 13.1 Å². The lowest BCUT2D eigenvalue weighted by atomic mass is 9.83. The zero-order valence-corrected chi connectivity index (χ0v) is 19.4. The molecule has 8 nitrogen and oxygen atoms in total. The molecule has 3 amide bonds. The lowest BCUT2D eigenvalue weighted by Crippen LogP contribution is -2.50. The van der Waals surface area contributed by atoms with Gasteiger partial charge in [-0.25, -0.2) is 9.38 Å². The summed E-state index contributed by atoms with van der Waals surface area (Å²) in [6.07, 6.45) is 0. The minimum atomic E-state index is -1.38. The fourth-order valence-electron chi connectivity index (χ4n) is 4.68. The SMILES string of the molecule is NC1=NC(c2ccccc2)(c2ccccc2)C(=O)N1Cc1cc(F)cc(C(=O)N2CCNC(=O)C2)c1. The van der Waals surface area contributed by atoms with Gasteiger partial charge in [0.2, 0.25) is 5.91 Å². The van der Waals surface area contributed by atoms with Crippen LogP contribution in [0.5, 0.6) is 0 Å². The van der Waals surface area contributed by atoms with Crippen molar-refractivity contribution in [3.05, 3.63) is 107 Å². The molecule has 1 fully saturated rings. The summed E-state index contributed by atoms with van der Waals surface area (Å²) in [6, 6.07) is 22.2. The Kier molecular flexibility index (Phi) is 5.97. The van der Waals surface area contributed by atoms with E-state index in [2.05, 4.69) is 10.3 Å². The van der Waals surface area contributed by atoms with Crippen molar-refractivity contribution in [1.29, 1.82) is 0 Å². The largest absolute Gasteiger partial charge is 0.369 e. The molecule has 0 saturated carbocycles. The highest BCUT2D eigenvalue weighted by atomic mass is 19.1. The van der Waals surface area contributed by atoms with Crippen LogP contribution in [0.3, 0.4) is 0 Å². The van der Waals surface area contributed by atoms with Crippen LogP contribution in [0.2, 0.25) is 0 Å². The Labute approximate surface area is 207 Å². The van der Waals surface area contributed by atoms with E-state index in [0.717, 1.165) is 6.07 Å². The van der Waals surface area contributed by atoms with Gasteiger partial charge in [0, 0.05) is 18.7 Å². The summed E-state index contributed by atoms with van der Waals surface area (Å²) in [5, 5.41) is 2.66. The van der Waals surface area contributed by atoms with Gasteiger partial charge in [-0.05, 0) is 34.9 Å². The van der Waals surface area contributed by atoms with Crippen molar-refractivity contribution in [3.8, 4) is 0 Å². The van der Waals surface area contributed by atoms with Crippen LogP contribution in [0.25, 0.3) is 0 Å². The second-order valence-electron chi connectivity index (χ2n) is 8.73. The quantitative estimate of drug-likeness (QED) is 0.576. The topological polar surface area (TPSA) is 108 Å². The zero-order valence-electron chi connectivity index (χ0n) is 19.4. The van der Waals surface area contributed by atoms with Crippen molar-refractivity contribution in [2.75, 3.05) is 19.6 Å². The van der Waals surface area contributed by atoms with E-state index >= 15 is 0 Å². The fourth-order valence-corrected chi connectivity index (χ4v) is 4.68. The van der Waals surface area contributed by atoms with Crippen LogP contribution in [0.15, 0.2) is 83.9 Å². The van der Waals surface area contributed by atoms with Crippen LogP contribution in [-0.2, 0) is 21.7 Å². The molecule has 182 valence electrons. The normalized spacial score (nSPS) is 17.1. The number of piperazine rings is 1. The molecule has 0 radical (unpaired) electrons. The smallest absolute Gasteiger partial charge is 0.266 e. The molecular formula is C27H24FN5O3. The molecule has 0 aliphatic carbocycles. The van der Waals surface area contributed by atoms with Crippen LogP contribution in [0, 0.1) is 5.82 Å². The Balaban J connectivity index is 1.48. The summed E-state index contributed by atoms with van der Waals surface area (Å²) in [5.41, 5.74) is 6.69. The highest BCUT2D eigenvalue weighted by molar-refractivity contribution is 6.09. The van der Waals surface area contributed by atoms with Gasteiger partial charge in [-0.2, -0.15) is 0 Å². The molecule has 0 bridgehead atoms. The molecule has 2 aliphatic rings. The van der Waals surface area contributed by atoms with E-state index in [1.165, 1.54) is 21.9 Å². The fraction of sp³-hybridized carbons (Fsp3) is 0.185. The lowest BCUT2D eigenvalue weighted by Gasteiger charge is -2.28. The minimum Gasteiger partial charge on any atom is -0.369 e. The Morgan fingerprint density at radius 3 is 2.25 bits per heavy atom. The molecule has 2 aliphatic heterocycles. The standard InChI is InChI=1S/C27H24FN5O3/c28-22-14-18(13-19(15-22)24(35)32-12-11-30-23(34)17-32)16-33-25(36)27(31-26(33)29,20-7-3-1-4-8-20)21-9-5-2-6-10-21/h1-10,13-15H,11-12,16-17H2,(H2,29,31)(H,30,34). The lowest BCUT2D eigenvalue weighted by molar-refractivity contribution is -0.130. The second kappa shape index (κ2) is 9.26. The molecule has 0 atom stereocenters. The number of benzene rings is 3. The number of carbonyl (C=O) groups is 3. The number of rotatable bonds is 5. The van der Waals surface area contributed by atoms with E-state index in [-0.39, 0.29) is 36.4 Å². The van der Waals surface area contributed by atoms with Crippen molar-refractivity contribution in [3.63, 3.8) is 0 Å². The summed E-state index contributed by atoms with van der Waals surface area (Å²) in [4.78, 5) is 45.9. The molecule has 36 heavy (non-hydrogen) atoms. The molecule has 1 saturated heterocycles. The summed E-state index contributed by atoms with van der Waals surface area (Å²) in [5.74, 6) is -1.73. The van der Waals surface area contributed by atoms with E-state index in [4.69, 9.17) is 5.73 Å². The van der Waals surface area contributed by atoms with Gasteiger partial charge < -0.3 is 16.0 Å². The van der Waals surface area contributed by atoms with Gasteiger partial charge in [0.15, 0.2) is 11.5 Å². The van der Waals surface area contributed by atoms with E-state index < -0.39 is 17.3 Å². The molecule has 9 heteroatoms. The average Bonchev–Trinajstić information content (AvgIpc) is 3.14. The summed E-state index contributed by atoms with van der Waals surface area (Å²) < 4.78 is 14.6. The Morgan fingerprint density at radius 2 is 1.64 bits per heavy atom. The first-order valence-corrected chi connectivity index (χ1v) is 11.5. The third-order valence-electron chi connectivity index (χ3n) is 6.37. The van der Waals surface area contributed by atoms with Crippen molar-refractivity contribution in [2.24, 2.45) is 10.7 Å². The van der Waals surface area contributed by atoms with E-state index in [1.807, 2.05) is 60.7 Å². The number of nitrogens with zero attached hydrogens (tertiary/aromatic N) is 3. The van der Waals surface area contributed by atoms with Crippen LogP contribution in [-0.4, -0.2) is 53.1 Å². The number of nitrogens with two attached hydrogens (primary N) is 1. The third-order valence-corrected chi connectivity index (χ3v) is 6.37. The Hall–Kier alpha value is -4.53. The van der Waals surface area contributed by atoms with Crippen LogP contribution < -0.4 is 11.1 Å². The number of hydrogen-bond donors (Lipinski definition) is 2. The maximum atomic E-state index is 14.6. The highest BCUT2D eigenvalue weighted by Crippen LogP contribution is 2.40. The average molecular weight is 486 g/mol. The van der Waals surface area contributed by atoms with Gasteiger partial charge in [0.25, 0.3) is 11.8 Å². The first-order valence-electron chi connectivity index (χ1n) is 11.5. The number of hydrogen-bond acceptors (Lipinski definition) is 5. The van der Waals surface area contributed by atoms with Crippen molar-refractivity contribution in [2.45, 2.75) is 12.1 Å². The predicted molar refractivity (Wildman–Crippen MR) is 131 cm³/mol. The third kappa shape index (κ3) is 4.08. The van der Waals surface area contributed by atoms with E-state index in [1.54, 1.807) is 0 Å². The number of halogens is 1. The summed E-state index contributed by atoms with van der Waals surface area (Å²) in [7, 11) is 0. The molecule has 3 N–H and O–H groups in total. The summed E-state index contributed by atoms with van der Waals surface area (Å²) in [6.45, 7) is 0.500. The van der Waals surface area contributed by atoms with Crippen molar-refractivity contribution < 1.29 is 18.8 Å². The van der Waals surface area contributed by atoms with Gasteiger partial charge in [0.1, 0.15) is 5.82 Å². The number of carbonyl (C=O) groups excluding carboxylic acids is 3. The first kappa shape index (κ1) is 23.2. The monoisotopic (exact) mass is 485 g/mol. The molecule has 3 aromatic rings. The number of nitrogens with one attached hydrogen (secondary N) is 1. The van der Waals surface area contributed by atoms with Gasteiger partial charge >= 0.3 is 0 Å². The van der Waals surface area contributed by atoms with Crippen LogP contribution in [0.1, 0.15) is 27.0 Å².